The number of hydrogen-bond acceptors (Lipinski definition) is 3. The van der Waals surface area contributed by atoms with Gasteiger partial charge in [0.05, 0.1) is 4.47 Å². The van der Waals surface area contributed by atoms with Crippen molar-refractivity contribution >= 4 is 37.8 Å². The Hall–Kier alpha value is -0.940. The molecule has 3 nitrogen and oxygen atoms in total. The number of aromatic nitrogens is 2. The lowest BCUT2D eigenvalue weighted by Crippen LogP contribution is -2.31. The van der Waals surface area contributed by atoms with Crippen molar-refractivity contribution in [2.45, 2.75) is 13.0 Å². The molecule has 0 amide bonds. The van der Waals surface area contributed by atoms with Gasteiger partial charge in [-0.15, -0.1) is 0 Å². The third-order valence-corrected chi connectivity index (χ3v) is 4.26. The van der Waals surface area contributed by atoms with Crippen LogP contribution in [0, 0.1) is 0 Å². The van der Waals surface area contributed by atoms with Crippen LogP contribution in [0.25, 0.3) is 0 Å². The van der Waals surface area contributed by atoms with E-state index in [1.807, 2.05) is 0 Å². The number of rotatable bonds is 1. The van der Waals surface area contributed by atoms with Gasteiger partial charge in [0.1, 0.15) is 0 Å². The Balaban J connectivity index is 1.90. The highest BCUT2D eigenvalue weighted by molar-refractivity contribution is 9.10. The summed E-state index contributed by atoms with van der Waals surface area (Å²) < 4.78 is 2.08. The van der Waals surface area contributed by atoms with Crippen molar-refractivity contribution in [1.29, 1.82) is 0 Å². The number of anilines is 1. The van der Waals surface area contributed by atoms with E-state index in [9.17, 15) is 0 Å². The van der Waals surface area contributed by atoms with Crippen LogP contribution < -0.4 is 4.90 Å². The number of hydrogen-bond donors (Lipinski definition) is 0. The van der Waals surface area contributed by atoms with Gasteiger partial charge >= 0.3 is 0 Å². The molecule has 1 aromatic heterocycles. The second-order valence-electron chi connectivity index (χ2n) is 4.25. The fourth-order valence-corrected chi connectivity index (χ4v) is 2.92. The number of benzene rings is 1. The van der Waals surface area contributed by atoms with E-state index in [0.29, 0.717) is 0 Å². The van der Waals surface area contributed by atoms with Gasteiger partial charge in [0, 0.05) is 30.0 Å². The van der Waals surface area contributed by atoms with E-state index >= 15 is 0 Å². The van der Waals surface area contributed by atoms with Crippen LogP contribution in [-0.4, -0.2) is 16.5 Å². The van der Waals surface area contributed by atoms with Crippen LogP contribution in [0.3, 0.4) is 0 Å². The van der Waals surface area contributed by atoms with Crippen molar-refractivity contribution in [3.63, 3.8) is 0 Å². The zero-order valence-electron chi connectivity index (χ0n) is 9.61. The predicted octanol–water partition coefficient (Wildman–Crippen LogP) is 3.56. The second-order valence-corrected chi connectivity index (χ2v) is 6.02. The summed E-state index contributed by atoms with van der Waals surface area (Å²) in [4.78, 5) is 10.9. The number of fused-ring (bicyclic) bond motifs is 1. The molecule has 0 aliphatic carbocycles. The van der Waals surface area contributed by atoms with Crippen LogP contribution in [0.2, 0.25) is 0 Å². The third kappa shape index (κ3) is 2.29. The lowest BCUT2D eigenvalue weighted by molar-refractivity contribution is 0.704. The topological polar surface area (TPSA) is 29.0 Å². The molecule has 18 heavy (non-hydrogen) atoms. The molecular weight excluding hydrogens is 358 g/mol. The molecule has 1 aromatic carbocycles. The third-order valence-electron chi connectivity index (χ3n) is 3.11. The predicted molar refractivity (Wildman–Crippen MR) is 78.6 cm³/mol. The molecule has 92 valence electrons. The molecule has 0 unspecified atom stereocenters. The minimum absolute atomic E-state index is 0.791. The van der Waals surface area contributed by atoms with E-state index in [1.54, 1.807) is 12.4 Å². The Morgan fingerprint density at radius 1 is 1.11 bits per heavy atom. The van der Waals surface area contributed by atoms with E-state index in [2.05, 4.69) is 64.9 Å². The van der Waals surface area contributed by atoms with E-state index in [1.165, 1.54) is 15.6 Å². The standard InChI is InChI=1S/C13H11Br2N3/c14-10-6-16-13(17-7-10)18-5-4-9-2-1-3-12(15)11(9)8-18/h1-3,6-7H,4-5,8H2. The van der Waals surface area contributed by atoms with Gasteiger partial charge in [-0.1, -0.05) is 28.1 Å². The summed E-state index contributed by atoms with van der Waals surface area (Å²) >= 11 is 6.97. The maximum atomic E-state index is 4.36. The highest BCUT2D eigenvalue weighted by Crippen LogP contribution is 2.28. The average molecular weight is 369 g/mol. The Kier molecular flexibility index (Phi) is 3.35. The lowest BCUT2D eigenvalue weighted by Gasteiger charge is -2.29. The van der Waals surface area contributed by atoms with Crippen molar-refractivity contribution in [2.24, 2.45) is 0 Å². The van der Waals surface area contributed by atoms with Crippen LogP contribution in [0.4, 0.5) is 5.95 Å². The molecule has 5 heteroatoms. The normalized spacial score (nSPS) is 14.4. The largest absolute Gasteiger partial charge is 0.336 e. The fourth-order valence-electron chi connectivity index (χ4n) is 2.18. The van der Waals surface area contributed by atoms with Gasteiger partial charge in [0.15, 0.2) is 0 Å². The summed E-state index contributed by atoms with van der Waals surface area (Å²) in [6.45, 7) is 1.82. The molecule has 1 aliphatic rings. The zero-order valence-corrected chi connectivity index (χ0v) is 12.8. The highest BCUT2D eigenvalue weighted by atomic mass is 79.9. The van der Waals surface area contributed by atoms with Gasteiger partial charge in [-0.05, 0) is 39.5 Å². The smallest absolute Gasteiger partial charge is 0.225 e. The van der Waals surface area contributed by atoms with Crippen molar-refractivity contribution < 1.29 is 0 Å². The SMILES string of the molecule is Brc1cnc(N2CCc3cccc(Br)c3C2)nc1. The minimum Gasteiger partial charge on any atom is -0.336 e. The molecule has 0 saturated carbocycles. The highest BCUT2D eigenvalue weighted by Gasteiger charge is 2.19. The van der Waals surface area contributed by atoms with E-state index in [-0.39, 0.29) is 0 Å². The number of halogens is 2. The Bertz CT molecular complexity index is 569. The fraction of sp³-hybridized carbons (Fsp3) is 0.231. The number of nitrogens with zero attached hydrogens (tertiary/aromatic N) is 3. The Morgan fingerprint density at radius 2 is 1.89 bits per heavy atom. The van der Waals surface area contributed by atoms with Gasteiger partial charge < -0.3 is 4.90 Å². The lowest BCUT2D eigenvalue weighted by atomic mass is 10.0. The van der Waals surface area contributed by atoms with Crippen LogP contribution in [0.5, 0.6) is 0 Å². The summed E-state index contributed by atoms with van der Waals surface area (Å²) in [6, 6.07) is 6.37. The van der Waals surface area contributed by atoms with E-state index < -0.39 is 0 Å². The first-order valence-corrected chi connectivity index (χ1v) is 7.31. The van der Waals surface area contributed by atoms with Gasteiger partial charge in [0.2, 0.25) is 5.95 Å². The maximum absolute atomic E-state index is 4.36. The van der Waals surface area contributed by atoms with Gasteiger partial charge in [-0.2, -0.15) is 0 Å². The molecule has 2 heterocycles. The molecule has 0 fully saturated rings. The van der Waals surface area contributed by atoms with Crippen molar-refractivity contribution in [1.82, 2.24) is 9.97 Å². The van der Waals surface area contributed by atoms with Gasteiger partial charge in [-0.25, -0.2) is 9.97 Å². The maximum Gasteiger partial charge on any atom is 0.225 e. The summed E-state index contributed by atoms with van der Waals surface area (Å²) in [5.74, 6) is 0.791. The molecule has 0 N–H and O–H groups in total. The van der Waals surface area contributed by atoms with Crippen LogP contribution in [0.1, 0.15) is 11.1 Å². The summed E-state index contributed by atoms with van der Waals surface area (Å²) in [6.07, 6.45) is 4.62. The second kappa shape index (κ2) is 4.97. The first kappa shape index (κ1) is 12.1. The van der Waals surface area contributed by atoms with Gasteiger partial charge in [-0.3, -0.25) is 0 Å². The summed E-state index contributed by atoms with van der Waals surface area (Å²) in [5.41, 5.74) is 2.76. The quantitative estimate of drug-likeness (QED) is 0.770. The molecule has 0 saturated heterocycles. The Labute approximate surface area is 123 Å². The molecular formula is C13H11Br2N3. The van der Waals surface area contributed by atoms with Crippen LogP contribution >= 0.6 is 31.9 Å². The van der Waals surface area contributed by atoms with Crippen molar-refractivity contribution in [2.75, 3.05) is 11.4 Å². The molecule has 0 radical (unpaired) electrons. The van der Waals surface area contributed by atoms with Crippen LogP contribution in [-0.2, 0) is 13.0 Å². The Morgan fingerprint density at radius 3 is 2.67 bits per heavy atom. The molecule has 0 spiro atoms. The van der Waals surface area contributed by atoms with Crippen LogP contribution in [0.15, 0.2) is 39.5 Å². The summed E-state index contributed by atoms with van der Waals surface area (Å²) in [7, 11) is 0. The first-order chi connectivity index (χ1) is 8.74. The molecule has 3 rings (SSSR count). The summed E-state index contributed by atoms with van der Waals surface area (Å²) in [5, 5.41) is 0. The minimum atomic E-state index is 0.791. The molecule has 0 atom stereocenters. The molecule has 2 aromatic rings. The van der Waals surface area contributed by atoms with E-state index in [0.717, 1.165) is 29.9 Å². The average Bonchev–Trinajstić information content (AvgIpc) is 2.40. The van der Waals surface area contributed by atoms with Crippen molar-refractivity contribution in [3.8, 4) is 0 Å². The zero-order chi connectivity index (χ0) is 12.5. The monoisotopic (exact) mass is 367 g/mol. The van der Waals surface area contributed by atoms with Gasteiger partial charge in [0.25, 0.3) is 0 Å². The molecule has 0 bridgehead atoms. The first-order valence-electron chi connectivity index (χ1n) is 5.73. The van der Waals surface area contributed by atoms with Crippen molar-refractivity contribution in [3.05, 3.63) is 50.7 Å². The molecule has 1 aliphatic heterocycles. The van der Waals surface area contributed by atoms with E-state index in [4.69, 9.17) is 0 Å².